The van der Waals surface area contributed by atoms with Gasteiger partial charge in [0.1, 0.15) is 6.61 Å². The van der Waals surface area contributed by atoms with E-state index in [1.165, 1.54) is 6.07 Å². The molecule has 4 rings (SSSR count). The average Bonchev–Trinajstić information content (AvgIpc) is 2.74. The lowest BCUT2D eigenvalue weighted by Crippen LogP contribution is -2.62. The van der Waals surface area contributed by atoms with Gasteiger partial charge in [0, 0.05) is 26.2 Å². The number of amides is 3. The number of likely N-dealkylation sites (tertiary alicyclic amines) is 2. The third-order valence-corrected chi connectivity index (χ3v) is 6.66. The van der Waals surface area contributed by atoms with Crippen LogP contribution in [-0.2, 0) is 22.1 Å². The Morgan fingerprint density at radius 3 is 2.55 bits per heavy atom. The molecular formula is C22H28F3N3O3. The Kier molecular flexibility index (Phi) is 6.14. The van der Waals surface area contributed by atoms with Gasteiger partial charge in [-0.2, -0.15) is 13.2 Å². The van der Waals surface area contributed by atoms with Crippen molar-refractivity contribution < 1.29 is 27.5 Å². The van der Waals surface area contributed by atoms with Crippen molar-refractivity contribution in [2.75, 3.05) is 32.8 Å². The molecule has 3 fully saturated rings. The molecule has 3 aliphatic rings. The van der Waals surface area contributed by atoms with Crippen LogP contribution >= 0.6 is 0 Å². The summed E-state index contributed by atoms with van der Waals surface area (Å²) in [5.41, 5.74) is 0.985. The fraction of sp³-hybridized carbons (Fsp3) is 0.636. The number of nitrogens with zero attached hydrogens (tertiary/aromatic N) is 2. The molecule has 170 valence electrons. The topological polar surface area (TPSA) is 61.9 Å². The van der Waals surface area contributed by atoms with Crippen LogP contribution in [0.1, 0.15) is 36.0 Å². The van der Waals surface area contributed by atoms with E-state index in [0.717, 1.165) is 30.9 Å². The van der Waals surface area contributed by atoms with E-state index in [1.807, 2.05) is 4.90 Å². The Labute approximate surface area is 179 Å². The normalized spacial score (nSPS) is 25.2. The lowest BCUT2D eigenvalue weighted by Gasteiger charge is -2.43. The maximum atomic E-state index is 13.0. The molecule has 0 bridgehead atoms. The third kappa shape index (κ3) is 4.97. The van der Waals surface area contributed by atoms with E-state index in [9.17, 15) is 22.8 Å². The van der Waals surface area contributed by atoms with Gasteiger partial charge in [0.25, 0.3) is 0 Å². The van der Waals surface area contributed by atoms with Crippen molar-refractivity contribution in [2.24, 2.45) is 5.92 Å². The molecule has 3 amide bonds. The number of carbonyl (C=O) groups excluding carboxylic acids is 2. The van der Waals surface area contributed by atoms with E-state index in [0.29, 0.717) is 44.1 Å². The maximum Gasteiger partial charge on any atom is 0.416 e. The van der Waals surface area contributed by atoms with Crippen LogP contribution in [0, 0.1) is 12.8 Å². The summed E-state index contributed by atoms with van der Waals surface area (Å²) in [4.78, 5) is 28.2. The molecule has 3 aliphatic heterocycles. The second-order valence-electron chi connectivity index (χ2n) is 8.81. The summed E-state index contributed by atoms with van der Waals surface area (Å²) in [7, 11) is 0. The summed E-state index contributed by atoms with van der Waals surface area (Å²) in [6.07, 6.45) is -1.27. The van der Waals surface area contributed by atoms with Gasteiger partial charge in [-0.15, -0.1) is 0 Å². The largest absolute Gasteiger partial charge is 0.416 e. The number of halogens is 3. The van der Waals surface area contributed by atoms with E-state index >= 15 is 0 Å². The quantitative estimate of drug-likeness (QED) is 0.771. The molecule has 6 nitrogen and oxygen atoms in total. The lowest BCUT2D eigenvalue weighted by molar-refractivity contribution is -0.140. The molecular weight excluding hydrogens is 411 g/mol. The number of rotatable bonds is 2. The molecule has 0 unspecified atom stereocenters. The summed E-state index contributed by atoms with van der Waals surface area (Å²) < 4.78 is 44.2. The first-order valence-corrected chi connectivity index (χ1v) is 10.8. The number of alkyl halides is 3. The van der Waals surface area contributed by atoms with Crippen LogP contribution in [0.3, 0.4) is 0 Å². The SMILES string of the molecule is Cc1cc(C(F)(F)F)ccc1CC1CCN(C(=O)N2CC[C@@H]3OCC(=O)N[C@@H]3C2)CC1. The summed E-state index contributed by atoms with van der Waals surface area (Å²) in [6.45, 7) is 4.15. The minimum Gasteiger partial charge on any atom is -0.366 e. The Balaban J connectivity index is 1.29. The predicted molar refractivity (Wildman–Crippen MR) is 107 cm³/mol. The number of fused-ring (bicyclic) bond motifs is 1. The molecule has 0 radical (unpaired) electrons. The maximum absolute atomic E-state index is 13.0. The Morgan fingerprint density at radius 1 is 1.16 bits per heavy atom. The van der Waals surface area contributed by atoms with Crippen molar-refractivity contribution in [1.82, 2.24) is 15.1 Å². The summed E-state index contributed by atoms with van der Waals surface area (Å²) >= 11 is 0. The number of benzene rings is 1. The van der Waals surface area contributed by atoms with Crippen molar-refractivity contribution in [3.63, 3.8) is 0 Å². The van der Waals surface area contributed by atoms with E-state index < -0.39 is 11.7 Å². The molecule has 9 heteroatoms. The second kappa shape index (κ2) is 8.68. The molecule has 0 spiro atoms. The first-order chi connectivity index (χ1) is 14.7. The average molecular weight is 439 g/mol. The molecule has 1 N–H and O–H groups in total. The number of hydrogen-bond acceptors (Lipinski definition) is 3. The molecule has 3 heterocycles. The lowest BCUT2D eigenvalue weighted by atomic mass is 9.88. The molecule has 0 saturated carbocycles. The van der Waals surface area contributed by atoms with Crippen LogP contribution in [0.15, 0.2) is 18.2 Å². The number of hydrogen-bond donors (Lipinski definition) is 1. The highest BCUT2D eigenvalue weighted by molar-refractivity contribution is 5.79. The van der Waals surface area contributed by atoms with Crippen LogP contribution in [0.2, 0.25) is 0 Å². The minimum atomic E-state index is -4.32. The van der Waals surface area contributed by atoms with Crippen molar-refractivity contribution in [3.8, 4) is 0 Å². The number of ether oxygens (including phenoxy) is 1. The first-order valence-electron chi connectivity index (χ1n) is 10.8. The monoisotopic (exact) mass is 439 g/mol. The van der Waals surface area contributed by atoms with Crippen molar-refractivity contribution in [1.29, 1.82) is 0 Å². The summed E-state index contributed by atoms with van der Waals surface area (Å²) in [5, 5.41) is 2.91. The highest BCUT2D eigenvalue weighted by atomic mass is 19.4. The number of piperidine rings is 2. The summed E-state index contributed by atoms with van der Waals surface area (Å²) in [5.74, 6) is 0.200. The van der Waals surface area contributed by atoms with Crippen molar-refractivity contribution >= 4 is 11.9 Å². The van der Waals surface area contributed by atoms with E-state index in [-0.39, 0.29) is 30.7 Å². The third-order valence-electron chi connectivity index (χ3n) is 6.66. The van der Waals surface area contributed by atoms with Gasteiger partial charge in [0.05, 0.1) is 17.7 Å². The number of aryl methyl sites for hydroxylation is 1. The van der Waals surface area contributed by atoms with E-state index in [4.69, 9.17) is 4.74 Å². The zero-order valence-corrected chi connectivity index (χ0v) is 17.6. The van der Waals surface area contributed by atoms with Gasteiger partial charge in [0.2, 0.25) is 5.91 Å². The molecule has 1 aromatic carbocycles. The van der Waals surface area contributed by atoms with Crippen LogP contribution in [0.5, 0.6) is 0 Å². The van der Waals surface area contributed by atoms with Gasteiger partial charge in [-0.25, -0.2) is 4.79 Å². The molecule has 0 aliphatic carbocycles. The zero-order chi connectivity index (χ0) is 22.2. The minimum absolute atomic E-state index is 0.0116. The number of carbonyl (C=O) groups is 2. The Morgan fingerprint density at radius 2 is 1.87 bits per heavy atom. The molecule has 1 aromatic rings. The number of urea groups is 1. The smallest absolute Gasteiger partial charge is 0.366 e. The number of nitrogens with one attached hydrogen (secondary N) is 1. The van der Waals surface area contributed by atoms with Gasteiger partial charge >= 0.3 is 12.2 Å². The standard InChI is InChI=1S/C22H28F3N3O3/c1-14-10-17(22(23,24)25)3-2-16(14)11-15-4-7-27(8-5-15)21(30)28-9-6-19-18(12-28)26-20(29)13-31-19/h2-3,10,15,18-19H,4-9,11-13H2,1H3,(H,26,29)/t18-,19+/m1/s1. The zero-order valence-electron chi connectivity index (χ0n) is 17.6. The van der Waals surface area contributed by atoms with E-state index in [1.54, 1.807) is 17.9 Å². The van der Waals surface area contributed by atoms with Crippen LogP contribution < -0.4 is 5.32 Å². The van der Waals surface area contributed by atoms with Crippen LogP contribution in [0.4, 0.5) is 18.0 Å². The van der Waals surface area contributed by atoms with Gasteiger partial charge in [-0.05, 0) is 61.8 Å². The Bertz CT molecular complexity index is 837. The van der Waals surface area contributed by atoms with Crippen LogP contribution in [-0.4, -0.2) is 66.7 Å². The highest BCUT2D eigenvalue weighted by Crippen LogP contribution is 2.32. The fourth-order valence-electron chi connectivity index (χ4n) is 4.81. The summed E-state index contributed by atoms with van der Waals surface area (Å²) in [6, 6.07) is 3.78. The molecule has 31 heavy (non-hydrogen) atoms. The Hall–Kier alpha value is -2.29. The van der Waals surface area contributed by atoms with Crippen LogP contribution in [0.25, 0.3) is 0 Å². The molecule has 0 aromatic heterocycles. The predicted octanol–water partition coefficient (Wildman–Crippen LogP) is 2.98. The highest BCUT2D eigenvalue weighted by Gasteiger charge is 2.38. The first kappa shape index (κ1) is 21.9. The molecule has 2 atom stereocenters. The number of morpholine rings is 1. The van der Waals surface area contributed by atoms with Gasteiger partial charge in [-0.1, -0.05) is 6.07 Å². The van der Waals surface area contributed by atoms with Gasteiger partial charge in [0.15, 0.2) is 0 Å². The van der Waals surface area contributed by atoms with Gasteiger partial charge < -0.3 is 19.9 Å². The molecule has 3 saturated heterocycles. The fourth-order valence-corrected chi connectivity index (χ4v) is 4.81. The van der Waals surface area contributed by atoms with Gasteiger partial charge in [-0.3, -0.25) is 4.79 Å². The second-order valence-corrected chi connectivity index (χ2v) is 8.81. The van der Waals surface area contributed by atoms with Crippen molar-refractivity contribution in [2.45, 2.75) is 50.9 Å². The van der Waals surface area contributed by atoms with E-state index in [2.05, 4.69) is 5.32 Å². The van der Waals surface area contributed by atoms with Crippen molar-refractivity contribution in [3.05, 3.63) is 34.9 Å².